The predicted molar refractivity (Wildman–Crippen MR) is 86.0 cm³/mol. The lowest BCUT2D eigenvalue weighted by Gasteiger charge is -2.26. The molecule has 1 heterocycles. The molecule has 1 aromatic heterocycles. The molecule has 1 aromatic carbocycles. The number of fused-ring (bicyclic) bond motifs is 1. The molecule has 24 heavy (non-hydrogen) atoms. The molecular formula is C15H15ClN3O5-. The molecule has 0 aliphatic rings. The average molecular weight is 353 g/mol. The fourth-order valence-electron chi connectivity index (χ4n) is 2.45. The van der Waals surface area contributed by atoms with Crippen LogP contribution >= 0.6 is 11.6 Å². The second-order valence-corrected chi connectivity index (χ2v) is 6.10. The highest BCUT2D eigenvalue weighted by atomic mass is 35.5. The first kappa shape index (κ1) is 17.7. The van der Waals surface area contributed by atoms with E-state index in [1.807, 2.05) is 0 Å². The van der Waals surface area contributed by atoms with Crippen LogP contribution in [-0.2, 0) is 10.2 Å². The van der Waals surface area contributed by atoms with Crippen LogP contribution in [0.3, 0.4) is 0 Å². The van der Waals surface area contributed by atoms with Crippen LogP contribution in [0.25, 0.3) is 16.4 Å². The zero-order chi connectivity index (χ0) is 18.1. The fourth-order valence-corrected chi connectivity index (χ4v) is 2.77. The minimum atomic E-state index is -1.41. The van der Waals surface area contributed by atoms with Crippen LogP contribution in [-0.4, -0.2) is 34.5 Å². The number of rotatable bonds is 4. The van der Waals surface area contributed by atoms with Gasteiger partial charge in [0, 0.05) is 16.9 Å². The van der Waals surface area contributed by atoms with Gasteiger partial charge in [0.25, 0.3) is 0 Å². The van der Waals surface area contributed by atoms with E-state index in [0.717, 1.165) is 0 Å². The largest absolute Gasteiger partial charge is 0.709 e. The van der Waals surface area contributed by atoms with E-state index in [4.69, 9.17) is 27.0 Å². The molecule has 0 saturated heterocycles. The lowest BCUT2D eigenvalue weighted by atomic mass is 9.83. The third-order valence-electron chi connectivity index (χ3n) is 3.66. The van der Waals surface area contributed by atoms with Gasteiger partial charge in [-0.2, -0.15) is 0 Å². The number of methoxy groups -OCH3 is 1. The number of carbonyl (C=O) groups is 1. The maximum absolute atomic E-state index is 12.4. The molecule has 0 atom stereocenters. The van der Waals surface area contributed by atoms with E-state index >= 15 is 0 Å². The molecular weight excluding hydrogens is 338 g/mol. The molecule has 0 unspecified atom stereocenters. The van der Waals surface area contributed by atoms with Crippen molar-refractivity contribution < 1.29 is 24.2 Å². The highest BCUT2D eigenvalue weighted by Gasteiger charge is 2.28. The first-order valence-corrected chi connectivity index (χ1v) is 7.24. The topological polar surface area (TPSA) is 120 Å². The van der Waals surface area contributed by atoms with Gasteiger partial charge in [-0.05, 0) is 17.7 Å². The molecule has 128 valence electrons. The molecule has 2 aromatic rings. The third kappa shape index (κ3) is 3.02. The Morgan fingerprint density at radius 2 is 2.17 bits per heavy atom. The maximum atomic E-state index is 12.4. The monoisotopic (exact) mass is 352 g/mol. The number of halogens is 1. The van der Waals surface area contributed by atoms with Crippen LogP contribution in [0.5, 0.6) is 5.75 Å². The Bertz CT molecular complexity index is 900. The number of aromatic nitrogens is 1. The van der Waals surface area contributed by atoms with E-state index in [9.17, 15) is 10.0 Å². The minimum absolute atomic E-state index is 0.0599. The Hall–Kier alpha value is -2.70. The Balaban J connectivity index is 2.85. The van der Waals surface area contributed by atoms with E-state index < -0.39 is 11.6 Å². The average Bonchev–Trinajstić information content (AvgIpc) is 2.53. The Morgan fingerprint density at radius 3 is 2.71 bits per heavy atom. The standard InChI is InChI=1S/C15H15ClN3O5/c1-15(2,7-24-14(20)21)9-6-11(18-17)19(22)13-8(9)4-5-10(23-3)12(13)16/h4-6H,7H2,1-3H3,(H,20,21)/q-1. The fraction of sp³-hybridized carbons (Fsp3) is 0.333. The summed E-state index contributed by atoms with van der Waals surface area (Å²) in [5.41, 5.74) is 8.63. The van der Waals surface area contributed by atoms with Crippen LogP contribution < -0.4 is 10.2 Å². The van der Waals surface area contributed by atoms with Gasteiger partial charge in [-0.15, -0.1) is 0 Å². The normalized spacial score (nSPS) is 11.2. The van der Waals surface area contributed by atoms with Crippen molar-refractivity contribution >= 4 is 28.7 Å². The summed E-state index contributed by atoms with van der Waals surface area (Å²) in [6, 6.07) is 4.59. The summed E-state index contributed by atoms with van der Waals surface area (Å²) in [6.45, 7) is 3.31. The first-order chi connectivity index (χ1) is 11.2. The minimum Gasteiger partial charge on any atom is -0.709 e. The van der Waals surface area contributed by atoms with Gasteiger partial charge in [0.15, 0.2) is 5.52 Å². The van der Waals surface area contributed by atoms with Crippen molar-refractivity contribution in [1.82, 2.24) is 4.73 Å². The zero-order valence-electron chi connectivity index (χ0n) is 13.2. The van der Waals surface area contributed by atoms with Gasteiger partial charge < -0.3 is 30.1 Å². The highest BCUT2D eigenvalue weighted by Crippen LogP contribution is 2.36. The SMILES string of the molecule is COc1ccc2c(C(C)(C)COC(=O)O)cc(=[N+]=[N-])n([O-])c2c1Cl. The van der Waals surface area contributed by atoms with Gasteiger partial charge in [-0.25, -0.2) is 9.52 Å². The number of pyridine rings is 1. The number of nitrogens with zero attached hydrogens (tertiary/aromatic N) is 3. The molecule has 0 fully saturated rings. The summed E-state index contributed by atoms with van der Waals surface area (Å²) in [7, 11) is 1.41. The Kier molecular flexibility index (Phi) is 4.73. The molecule has 0 radical (unpaired) electrons. The van der Waals surface area contributed by atoms with E-state index in [1.54, 1.807) is 26.0 Å². The van der Waals surface area contributed by atoms with Crippen molar-refractivity contribution in [3.8, 4) is 5.75 Å². The highest BCUT2D eigenvalue weighted by molar-refractivity contribution is 6.36. The molecule has 1 N–H and O–H groups in total. The van der Waals surface area contributed by atoms with Crippen molar-refractivity contribution in [3.63, 3.8) is 0 Å². The van der Waals surface area contributed by atoms with Crippen LogP contribution in [0.1, 0.15) is 19.4 Å². The second kappa shape index (κ2) is 6.43. The van der Waals surface area contributed by atoms with Gasteiger partial charge in [-0.1, -0.05) is 25.4 Å². The summed E-state index contributed by atoms with van der Waals surface area (Å²) < 4.78 is 10.2. The molecule has 0 aliphatic carbocycles. The van der Waals surface area contributed by atoms with Crippen molar-refractivity contribution in [2.75, 3.05) is 13.7 Å². The summed E-state index contributed by atoms with van der Waals surface area (Å²) in [5, 5.41) is 21.6. The summed E-state index contributed by atoms with van der Waals surface area (Å²) in [5.74, 6) is 0.286. The van der Waals surface area contributed by atoms with Crippen molar-refractivity contribution in [3.05, 3.63) is 45.0 Å². The van der Waals surface area contributed by atoms with Crippen LogP contribution in [0.15, 0.2) is 18.2 Å². The van der Waals surface area contributed by atoms with E-state index in [2.05, 4.69) is 9.53 Å². The van der Waals surface area contributed by atoms with Crippen molar-refractivity contribution in [2.45, 2.75) is 19.3 Å². The molecule has 0 bridgehead atoms. The summed E-state index contributed by atoms with van der Waals surface area (Å²) in [6.07, 6.45) is -1.41. The van der Waals surface area contributed by atoms with Crippen molar-refractivity contribution in [2.24, 2.45) is 0 Å². The van der Waals surface area contributed by atoms with Crippen LogP contribution in [0, 0.1) is 5.21 Å². The van der Waals surface area contributed by atoms with Gasteiger partial charge in [0.2, 0.25) is 0 Å². The number of ether oxygens (including phenoxy) is 2. The van der Waals surface area contributed by atoms with Crippen LogP contribution in [0.2, 0.25) is 5.02 Å². The number of hydrogen-bond donors (Lipinski definition) is 1. The van der Waals surface area contributed by atoms with Gasteiger partial charge in [-0.3, -0.25) is 0 Å². The van der Waals surface area contributed by atoms with E-state index in [-0.39, 0.29) is 28.4 Å². The third-order valence-corrected chi connectivity index (χ3v) is 4.03. The van der Waals surface area contributed by atoms with Gasteiger partial charge in [0.05, 0.1) is 7.11 Å². The van der Waals surface area contributed by atoms with Gasteiger partial charge in [0.1, 0.15) is 17.4 Å². The molecule has 0 amide bonds. The second-order valence-electron chi connectivity index (χ2n) is 5.73. The maximum Gasteiger partial charge on any atom is 0.505 e. The number of hydrogen-bond acceptors (Lipinski definition) is 4. The number of benzene rings is 1. The zero-order valence-corrected chi connectivity index (χ0v) is 14.0. The van der Waals surface area contributed by atoms with Crippen LogP contribution in [0.4, 0.5) is 4.79 Å². The molecule has 0 aliphatic heterocycles. The summed E-state index contributed by atoms with van der Waals surface area (Å²) >= 11 is 6.23. The predicted octanol–water partition coefficient (Wildman–Crippen LogP) is 2.75. The quantitative estimate of drug-likeness (QED) is 0.515. The molecule has 0 spiro atoms. The van der Waals surface area contributed by atoms with Crippen molar-refractivity contribution in [1.29, 1.82) is 0 Å². The lowest BCUT2D eigenvalue weighted by Crippen LogP contribution is -2.30. The van der Waals surface area contributed by atoms with E-state index in [0.29, 0.717) is 15.7 Å². The lowest BCUT2D eigenvalue weighted by molar-refractivity contribution is -0.0749. The molecule has 9 heteroatoms. The molecule has 0 saturated carbocycles. The number of carboxylic acid groups (broad SMARTS) is 1. The smallest absolute Gasteiger partial charge is 0.505 e. The van der Waals surface area contributed by atoms with E-state index in [1.165, 1.54) is 13.2 Å². The Labute approximate surface area is 142 Å². The molecule has 2 rings (SSSR count). The Morgan fingerprint density at radius 1 is 1.50 bits per heavy atom. The summed E-state index contributed by atoms with van der Waals surface area (Å²) in [4.78, 5) is 13.7. The first-order valence-electron chi connectivity index (χ1n) is 6.87. The van der Waals surface area contributed by atoms with Gasteiger partial charge >= 0.3 is 11.6 Å². The molecule has 8 nitrogen and oxygen atoms in total.